The van der Waals surface area contributed by atoms with Gasteiger partial charge in [-0.05, 0) is 48.7 Å². The van der Waals surface area contributed by atoms with Gasteiger partial charge < -0.3 is 10.4 Å². The fourth-order valence-corrected chi connectivity index (χ4v) is 2.66. The van der Waals surface area contributed by atoms with Gasteiger partial charge in [-0.1, -0.05) is 37.1 Å². The second-order valence-electron chi connectivity index (χ2n) is 4.96. The third-order valence-electron chi connectivity index (χ3n) is 3.53. The molecule has 0 bridgehead atoms. The minimum absolute atomic E-state index is 0.519. The molecule has 0 amide bonds. The molecule has 1 heterocycles. The standard InChI is InChI=1S/C15H20ClNO/c1-3-4-5-12-13(7-6-11(2)14(12)16)15(18)8-9-17-10-15/h6-9,17-18H,3-5,10H2,1-2H3. The SMILES string of the molecule is CCCCc1c(C2(O)C=CNC2)ccc(C)c1Cl. The Hall–Kier alpha value is -0.990. The molecule has 0 saturated heterocycles. The Morgan fingerprint density at radius 1 is 1.44 bits per heavy atom. The van der Waals surface area contributed by atoms with E-state index in [1.807, 2.05) is 25.1 Å². The number of β-amino-alcohol motifs (C(OH)–C–C–N with tert-alkyl or cyclic N) is 1. The quantitative estimate of drug-likeness (QED) is 0.876. The largest absolute Gasteiger partial charge is 0.387 e. The highest BCUT2D eigenvalue weighted by Gasteiger charge is 2.32. The maximum Gasteiger partial charge on any atom is 0.127 e. The highest BCUT2D eigenvalue weighted by molar-refractivity contribution is 6.32. The summed E-state index contributed by atoms with van der Waals surface area (Å²) in [5, 5.41) is 14.5. The van der Waals surface area contributed by atoms with Crippen molar-refractivity contribution in [1.82, 2.24) is 5.32 Å². The summed E-state index contributed by atoms with van der Waals surface area (Å²) in [7, 11) is 0. The van der Waals surface area contributed by atoms with Crippen LogP contribution in [0.3, 0.4) is 0 Å². The molecule has 1 aliphatic heterocycles. The number of aryl methyl sites for hydroxylation is 1. The van der Waals surface area contributed by atoms with Crippen molar-refractivity contribution >= 4 is 11.6 Å². The zero-order valence-corrected chi connectivity index (χ0v) is 11.7. The molecule has 0 spiro atoms. The second kappa shape index (κ2) is 5.33. The number of rotatable bonds is 4. The van der Waals surface area contributed by atoms with Crippen LogP contribution in [0.1, 0.15) is 36.5 Å². The predicted molar refractivity (Wildman–Crippen MR) is 75.8 cm³/mol. The molecule has 18 heavy (non-hydrogen) atoms. The van der Waals surface area contributed by atoms with Gasteiger partial charge in [0.05, 0.1) is 6.54 Å². The zero-order valence-electron chi connectivity index (χ0n) is 11.0. The molecule has 0 radical (unpaired) electrons. The lowest BCUT2D eigenvalue weighted by molar-refractivity contribution is 0.101. The summed E-state index contributed by atoms with van der Waals surface area (Å²) in [5.74, 6) is 0. The van der Waals surface area contributed by atoms with Gasteiger partial charge in [0.25, 0.3) is 0 Å². The highest BCUT2D eigenvalue weighted by atomic mass is 35.5. The van der Waals surface area contributed by atoms with Crippen molar-refractivity contribution in [2.45, 2.75) is 38.7 Å². The Labute approximate surface area is 114 Å². The summed E-state index contributed by atoms with van der Waals surface area (Å²) in [6, 6.07) is 3.99. The van der Waals surface area contributed by atoms with Crippen molar-refractivity contribution in [3.63, 3.8) is 0 Å². The van der Waals surface area contributed by atoms with Crippen molar-refractivity contribution in [2.75, 3.05) is 6.54 Å². The number of aliphatic hydroxyl groups is 1. The Morgan fingerprint density at radius 3 is 2.83 bits per heavy atom. The van der Waals surface area contributed by atoms with Gasteiger partial charge in [0.2, 0.25) is 0 Å². The maximum atomic E-state index is 10.7. The van der Waals surface area contributed by atoms with Gasteiger partial charge in [0, 0.05) is 5.02 Å². The predicted octanol–water partition coefficient (Wildman–Crippen LogP) is 3.30. The van der Waals surface area contributed by atoms with Crippen LogP contribution in [0.5, 0.6) is 0 Å². The number of benzene rings is 1. The molecule has 98 valence electrons. The highest BCUT2D eigenvalue weighted by Crippen LogP contribution is 2.34. The summed E-state index contributed by atoms with van der Waals surface area (Å²) in [6.07, 6.45) is 6.74. The molecule has 1 aromatic carbocycles. The van der Waals surface area contributed by atoms with Crippen molar-refractivity contribution in [3.8, 4) is 0 Å². The lowest BCUT2D eigenvalue weighted by Gasteiger charge is -2.25. The van der Waals surface area contributed by atoms with Crippen LogP contribution >= 0.6 is 11.6 Å². The average Bonchev–Trinajstić information content (AvgIpc) is 2.79. The third-order valence-corrected chi connectivity index (χ3v) is 4.06. The van der Waals surface area contributed by atoms with Crippen LogP contribution in [-0.4, -0.2) is 11.7 Å². The summed E-state index contributed by atoms with van der Waals surface area (Å²) in [6.45, 7) is 4.69. The second-order valence-corrected chi connectivity index (χ2v) is 5.34. The molecule has 3 heteroatoms. The Morgan fingerprint density at radius 2 is 2.22 bits per heavy atom. The van der Waals surface area contributed by atoms with Gasteiger partial charge in [-0.2, -0.15) is 0 Å². The van der Waals surface area contributed by atoms with Crippen LogP contribution in [0.4, 0.5) is 0 Å². The van der Waals surface area contributed by atoms with Crippen LogP contribution in [0, 0.1) is 6.92 Å². The topological polar surface area (TPSA) is 32.3 Å². The Kier molecular flexibility index (Phi) is 3.98. The van der Waals surface area contributed by atoms with E-state index in [-0.39, 0.29) is 0 Å². The molecule has 0 saturated carbocycles. The van der Waals surface area contributed by atoms with E-state index in [2.05, 4.69) is 12.2 Å². The third kappa shape index (κ3) is 2.40. The molecule has 0 fully saturated rings. The van der Waals surface area contributed by atoms with Crippen LogP contribution in [0.15, 0.2) is 24.4 Å². The van der Waals surface area contributed by atoms with E-state index in [4.69, 9.17) is 11.6 Å². The molecule has 1 aromatic rings. The first-order chi connectivity index (χ1) is 8.58. The van der Waals surface area contributed by atoms with Crippen molar-refractivity contribution in [3.05, 3.63) is 46.1 Å². The summed E-state index contributed by atoms with van der Waals surface area (Å²) in [5.41, 5.74) is 2.19. The van der Waals surface area contributed by atoms with E-state index < -0.39 is 5.60 Å². The van der Waals surface area contributed by atoms with E-state index >= 15 is 0 Å². The first-order valence-electron chi connectivity index (χ1n) is 6.50. The minimum atomic E-state index is -0.916. The van der Waals surface area contributed by atoms with Crippen LogP contribution in [0.2, 0.25) is 5.02 Å². The monoisotopic (exact) mass is 265 g/mol. The summed E-state index contributed by atoms with van der Waals surface area (Å²) < 4.78 is 0. The van der Waals surface area contributed by atoms with Crippen molar-refractivity contribution < 1.29 is 5.11 Å². The molecule has 1 aliphatic rings. The van der Waals surface area contributed by atoms with Gasteiger partial charge >= 0.3 is 0 Å². The van der Waals surface area contributed by atoms with Gasteiger partial charge in [-0.25, -0.2) is 0 Å². The summed E-state index contributed by atoms with van der Waals surface area (Å²) >= 11 is 6.42. The van der Waals surface area contributed by atoms with Crippen molar-refractivity contribution in [1.29, 1.82) is 0 Å². The lowest BCUT2D eigenvalue weighted by atomic mass is 9.87. The average molecular weight is 266 g/mol. The Bertz CT molecular complexity index is 470. The number of unbranched alkanes of at least 4 members (excludes halogenated alkanes) is 1. The lowest BCUT2D eigenvalue weighted by Crippen LogP contribution is -2.30. The Balaban J connectivity index is 2.46. The fraction of sp³-hybridized carbons (Fsp3) is 0.467. The van der Waals surface area contributed by atoms with E-state index in [9.17, 15) is 5.11 Å². The van der Waals surface area contributed by atoms with Crippen molar-refractivity contribution in [2.24, 2.45) is 0 Å². The van der Waals surface area contributed by atoms with Gasteiger partial charge in [0.1, 0.15) is 5.60 Å². The van der Waals surface area contributed by atoms with E-state index in [1.54, 1.807) is 6.20 Å². The van der Waals surface area contributed by atoms with Gasteiger partial charge in [0.15, 0.2) is 0 Å². The molecular weight excluding hydrogens is 246 g/mol. The smallest absolute Gasteiger partial charge is 0.127 e. The molecule has 1 unspecified atom stereocenters. The van der Waals surface area contributed by atoms with E-state index in [0.29, 0.717) is 6.54 Å². The molecule has 0 aromatic heterocycles. The van der Waals surface area contributed by atoms with Crippen LogP contribution in [0.25, 0.3) is 0 Å². The first kappa shape index (κ1) is 13.4. The fourth-order valence-electron chi connectivity index (χ4n) is 2.40. The number of nitrogens with one attached hydrogen (secondary N) is 1. The number of hydrogen-bond acceptors (Lipinski definition) is 2. The molecule has 0 aliphatic carbocycles. The van der Waals surface area contributed by atoms with Gasteiger partial charge in [-0.15, -0.1) is 0 Å². The molecule has 2 N–H and O–H groups in total. The molecular formula is C15H20ClNO. The zero-order chi connectivity index (χ0) is 13.2. The van der Waals surface area contributed by atoms with Gasteiger partial charge in [-0.3, -0.25) is 0 Å². The van der Waals surface area contributed by atoms with Crippen LogP contribution < -0.4 is 5.32 Å². The normalized spacial score (nSPS) is 22.2. The molecule has 1 atom stereocenters. The maximum absolute atomic E-state index is 10.7. The van der Waals surface area contributed by atoms with E-state index in [1.165, 1.54) is 0 Å². The number of halogens is 1. The van der Waals surface area contributed by atoms with E-state index in [0.717, 1.165) is 41.0 Å². The van der Waals surface area contributed by atoms with Crippen LogP contribution in [-0.2, 0) is 12.0 Å². The minimum Gasteiger partial charge on any atom is -0.387 e. The summed E-state index contributed by atoms with van der Waals surface area (Å²) in [4.78, 5) is 0. The molecule has 2 nitrogen and oxygen atoms in total. The first-order valence-corrected chi connectivity index (χ1v) is 6.88. The number of hydrogen-bond donors (Lipinski definition) is 2. The molecule has 2 rings (SSSR count).